The van der Waals surface area contributed by atoms with Crippen molar-refractivity contribution in [2.24, 2.45) is 0 Å². The number of alkyl halides is 6. The molecular formula is C17H13F6N3O3. The fraction of sp³-hybridized carbons (Fsp3) is 0.294. The van der Waals surface area contributed by atoms with Gasteiger partial charge in [0.1, 0.15) is 0 Å². The second kappa shape index (κ2) is 8.50. The van der Waals surface area contributed by atoms with E-state index >= 15 is 0 Å². The van der Waals surface area contributed by atoms with Gasteiger partial charge in [0.05, 0.1) is 19.2 Å². The van der Waals surface area contributed by atoms with Crippen LogP contribution in [0.4, 0.5) is 26.3 Å². The molecule has 0 fully saturated rings. The zero-order valence-electron chi connectivity index (χ0n) is 14.9. The van der Waals surface area contributed by atoms with Gasteiger partial charge in [-0.05, 0) is 12.5 Å². The summed E-state index contributed by atoms with van der Waals surface area (Å²) in [6.07, 6.45) is -9.04. The second-order valence-electron chi connectivity index (χ2n) is 5.56. The number of benzene rings is 1. The molecule has 12 heteroatoms. The van der Waals surface area contributed by atoms with Crippen LogP contribution in [0, 0.1) is 0 Å². The minimum absolute atomic E-state index is 0.224. The van der Waals surface area contributed by atoms with Crippen LogP contribution in [0.15, 0.2) is 46.7 Å². The maximum absolute atomic E-state index is 12.5. The molecule has 0 aliphatic rings. The number of carbonyl (C=O) groups excluding carboxylic acids is 1. The van der Waals surface area contributed by atoms with Crippen LogP contribution in [0.25, 0.3) is 11.4 Å². The Morgan fingerprint density at radius 1 is 1.21 bits per heavy atom. The maximum atomic E-state index is 12.5. The molecule has 1 amide bonds. The smallest absolute Gasteiger partial charge is 0.329 e. The highest BCUT2D eigenvalue weighted by Crippen LogP contribution is 2.30. The van der Waals surface area contributed by atoms with Gasteiger partial charge in [0.25, 0.3) is 5.91 Å². The van der Waals surface area contributed by atoms with E-state index in [1.165, 1.54) is 31.2 Å². The van der Waals surface area contributed by atoms with E-state index in [2.05, 4.69) is 14.7 Å². The Hall–Kier alpha value is -3.11. The largest absolute Gasteiger partial charge is 0.471 e. The highest BCUT2D eigenvalue weighted by molar-refractivity contribution is 5.86. The molecule has 0 spiro atoms. The summed E-state index contributed by atoms with van der Waals surface area (Å²) in [6, 6.07) is 5.00. The van der Waals surface area contributed by atoms with Crippen molar-refractivity contribution in [1.29, 1.82) is 0 Å². The summed E-state index contributed by atoms with van der Waals surface area (Å²) in [7, 11) is 1.15. The Morgan fingerprint density at radius 2 is 1.83 bits per heavy atom. The molecule has 1 unspecified atom stereocenters. The number of halogens is 6. The van der Waals surface area contributed by atoms with Crippen LogP contribution in [0.5, 0.6) is 0 Å². The van der Waals surface area contributed by atoms with Gasteiger partial charge in [-0.1, -0.05) is 29.4 Å². The van der Waals surface area contributed by atoms with Crippen LogP contribution in [-0.4, -0.2) is 34.4 Å². The average Bonchev–Trinajstić information content (AvgIpc) is 3.12. The van der Waals surface area contributed by atoms with Crippen molar-refractivity contribution in [1.82, 2.24) is 15.2 Å². The molecule has 0 saturated carbocycles. The van der Waals surface area contributed by atoms with Gasteiger partial charge >= 0.3 is 18.2 Å². The fourth-order valence-electron chi connectivity index (χ4n) is 2.21. The molecule has 0 N–H and O–H groups in total. The van der Waals surface area contributed by atoms with E-state index in [4.69, 9.17) is 4.84 Å². The third kappa shape index (κ3) is 5.93. The first kappa shape index (κ1) is 22.2. The minimum atomic E-state index is -4.77. The highest BCUT2D eigenvalue weighted by atomic mass is 19.4. The van der Waals surface area contributed by atoms with Gasteiger partial charge in [-0.15, -0.1) is 5.73 Å². The van der Waals surface area contributed by atoms with E-state index in [1.54, 1.807) is 5.73 Å². The van der Waals surface area contributed by atoms with E-state index in [1.807, 2.05) is 0 Å². The Bertz CT molecular complexity index is 912. The summed E-state index contributed by atoms with van der Waals surface area (Å²) < 4.78 is 78.0. The molecule has 156 valence electrons. The molecule has 6 nitrogen and oxygen atoms in total. The number of hydrogen-bond acceptors (Lipinski definition) is 5. The summed E-state index contributed by atoms with van der Waals surface area (Å²) in [5.41, 5.74) is 2.43. The van der Waals surface area contributed by atoms with Crippen LogP contribution in [-0.2, 0) is 15.8 Å². The van der Waals surface area contributed by atoms with Crippen LogP contribution in [0.3, 0.4) is 0 Å². The zero-order chi connectivity index (χ0) is 21.8. The Kier molecular flexibility index (Phi) is 6.50. The lowest BCUT2D eigenvalue weighted by atomic mass is 10.1. The first-order valence-electron chi connectivity index (χ1n) is 7.81. The predicted molar refractivity (Wildman–Crippen MR) is 85.7 cm³/mol. The number of hydroxylamine groups is 2. The van der Waals surface area contributed by atoms with Crippen molar-refractivity contribution >= 4 is 5.91 Å². The SMILES string of the molecule is CON(C(=O)C=C=CC(F)(F)F)C(C)c1ccc(-c2noc(C(F)(F)F)n2)cc1. The Balaban J connectivity index is 2.18. The molecule has 0 radical (unpaired) electrons. The zero-order valence-corrected chi connectivity index (χ0v) is 14.9. The topological polar surface area (TPSA) is 68.5 Å². The summed E-state index contributed by atoms with van der Waals surface area (Å²) >= 11 is 0. The lowest BCUT2D eigenvalue weighted by molar-refractivity contribution is -0.182. The molecular weight excluding hydrogens is 408 g/mol. The molecule has 0 aliphatic carbocycles. The van der Waals surface area contributed by atoms with Crippen LogP contribution in [0.2, 0.25) is 0 Å². The van der Waals surface area contributed by atoms with Crippen molar-refractivity contribution < 1.29 is 40.5 Å². The molecule has 1 aromatic carbocycles. The fourth-order valence-corrected chi connectivity index (χ4v) is 2.21. The summed E-state index contributed by atoms with van der Waals surface area (Å²) in [6.45, 7) is 1.54. The normalized spacial score (nSPS) is 12.8. The second-order valence-corrected chi connectivity index (χ2v) is 5.56. The summed E-state index contributed by atoms with van der Waals surface area (Å²) in [5.74, 6) is -2.66. The van der Waals surface area contributed by atoms with E-state index in [0.29, 0.717) is 11.6 Å². The van der Waals surface area contributed by atoms with Crippen molar-refractivity contribution in [2.45, 2.75) is 25.3 Å². The van der Waals surface area contributed by atoms with E-state index in [-0.39, 0.29) is 17.5 Å². The average molecular weight is 421 g/mol. The van der Waals surface area contributed by atoms with Crippen LogP contribution >= 0.6 is 0 Å². The predicted octanol–water partition coefficient (Wildman–Crippen LogP) is 4.48. The van der Waals surface area contributed by atoms with Crippen molar-refractivity contribution in [2.75, 3.05) is 7.11 Å². The third-order valence-electron chi connectivity index (χ3n) is 3.54. The molecule has 0 saturated heterocycles. The van der Waals surface area contributed by atoms with Gasteiger partial charge < -0.3 is 4.52 Å². The van der Waals surface area contributed by atoms with Crippen molar-refractivity contribution in [3.05, 3.63) is 53.6 Å². The van der Waals surface area contributed by atoms with Gasteiger partial charge in [0.2, 0.25) is 5.82 Å². The third-order valence-corrected chi connectivity index (χ3v) is 3.54. The number of aromatic nitrogens is 2. The molecule has 0 bridgehead atoms. The number of nitrogens with zero attached hydrogens (tertiary/aromatic N) is 3. The molecule has 1 aromatic heterocycles. The van der Waals surface area contributed by atoms with Crippen molar-refractivity contribution in [3.8, 4) is 11.4 Å². The Labute approximate surface area is 160 Å². The van der Waals surface area contributed by atoms with Gasteiger partial charge in [-0.3, -0.25) is 9.63 Å². The molecule has 2 aromatic rings. The maximum Gasteiger partial charge on any atom is 0.471 e. The van der Waals surface area contributed by atoms with E-state index in [0.717, 1.165) is 12.2 Å². The molecule has 29 heavy (non-hydrogen) atoms. The summed E-state index contributed by atoms with van der Waals surface area (Å²) in [5, 5.41) is 4.06. The molecule has 0 aliphatic heterocycles. The van der Waals surface area contributed by atoms with Gasteiger partial charge in [0.15, 0.2) is 0 Å². The quantitative estimate of drug-likeness (QED) is 0.308. The minimum Gasteiger partial charge on any atom is -0.329 e. The van der Waals surface area contributed by atoms with E-state index in [9.17, 15) is 31.1 Å². The number of rotatable bonds is 5. The Morgan fingerprint density at radius 3 is 2.31 bits per heavy atom. The lowest BCUT2D eigenvalue weighted by Gasteiger charge is -2.25. The van der Waals surface area contributed by atoms with Crippen LogP contribution in [0.1, 0.15) is 24.4 Å². The highest BCUT2D eigenvalue weighted by Gasteiger charge is 2.38. The number of hydrogen-bond donors (Lipinski definition) is 0. The van der Waals surface area contributed by atoms with Gasteiger partial charge in [-0.25, -0.2) is 5.06 Å². The molecule has 1 atom stereocenters. The first-order chi connectivity index (χ1) is 13.4. The number of amides is 1. The van der Waals surface area contributed by atoms with Crippen molar-refractivity contribution in [3.63, 3.8) is 0 Å². The first-order valence-corrected chi connectivity index (χ1v) is 7.81. The monoisotopic (exact) mass is 421 g/mol. The van der Waals surface area contributed by atoms with Gasteiger partial charge in [0, 0.05) is 11.6 Å². The van der Waals surface area contributed by atoms with Gasteiger partial charge in [-0.2, -0.15) is 31.3 Å². The number of carbonyl (C=O) groups is 1. The molecule has 1 heterocycles. The molecule has 2 rings (SSSR count). The standard InChI is InChI=1S/C17H13F6N3O3/c1-10(26(28-2)13(27)4-3-9-16(18,19)20)11-5-7-12(8-6-11)14-24-15(29-25-14)17(21,22)23/h4-10H,1-2H3. The lowest BCUT2D eigenvalue weighted by Crippen LogP contribution is -2.31. The summed E-state index contributed by atoms with van der Waals surface area (Å²) in [4.78, 5) is 20.2. The van der Waals surface area contributed by atoms with E-state index < -0.39 is 30.2 Å². The van der Waals surface area contributed by atoms with Crippen LogP contribution < -0.4 is 0 Å².